The summed E-state index contributed by atoms with van der Waals surface area (Å²) in [6.45, 7) is 0. The number of pyridine rings is 2. The highest BCUT2D eigenvalue weighted by Gasteiger charge is 2.22. The Bertz CT molecular complexity index is 2400. The van der Waals surface area contributed by atoms with Crippen LogP contribution in [0.5, 0.6) is 0 Å². The average Bonchev–Trinajstić information content (AvgIpc) is 3.62. The van der Waals surface area contributed by atoms with Gasteiger partial charge in [-0.1, -0.05) is 103 Å². The summed E-state index contributed by atoms with van der Waals surface area (Å²) in [6, 6.07) is 45.1. The summed E-state index contributed by atoms with van der Waals surface area (Å²) in [7, 11) is 0. The maximum absolute atomic E-state index is 5.17. The molecule has 0 aliphatic heterocycles. The van der Waals surface area contributed by atoms with Crippen LogP contribution >= 0.6 is 11.3 Å². The normalized spacial score (nSPS) is 11.8. The molecule has 0 saturated heterocycles. The zero-order chi connectivity index (χ0) is 27.6. The van der Waals surface area contributed by atoms with Gasteiger partial charge in [0.2, 0.25) is 0 Å². The van der Waals surface area contributed by atoms with E-state index in [-0.39, 0.29) is 0 Å². The van der Waals surface area contributed by atoms with Crippen molar-refractivity contribution in [3.63, 3.8) is 0 Å². The van der Waals surface area contributed by atoms with Crippen LogP contribution < -0.4 is 0 Å². The Hall–Kier alpha value is -5.32. The fourth-order valence-corrected chi connectivity index (χ4v) is 7.71. The maximum atomic E-state index is 5.17. The van der Waals surface area contributed by atoms with Gasteiger partial charge in [0.1, 0.15) is 0 Å². The number of aromatic nitrogens is 3. The second-order valence-corrected chi connectivity index (χ2v) is 11.7. The van der Waals surface area contributed by atoms with Gasteiger partial charge < -0.3 is 4.57 Å². The summed E-state index contributed by atoms with van der Waals surface area (Å²) in [6.07, 6.45) is 3.93. The van der Waals surface area contributed by atoms with E-state index in [0.29, 0.717) is 0 Å². The van der Waals surface area contributed by atoms with E-state index in [1.165, 1.54) is 41.8 Å². The van der Waals surface area contributed by atoms with Gasteiger partial charge >= 0.3 is 0 Å². The van der Waals surface area contributed by atoms with Crippen molar-refractivity contribution in [2.75, 3.05) is 0 Å². The van der Waals surface area contributed by atoms with E-state index in [2.05, 4.69) is 137 Å². The first-order valence-electron chi connectivity index (χ1n) is 14.1. The number of thiophene rings is 1. The van der Waals surface area contributed by atoms with Crippen molar-refractivity contribution in [1.82, 2.24) is 14.5 Å². The predicted octanol–water partition coefficient (Wildman–Crippen LogP) is 10.4. The molecule has 4 aromatic heterocycles. The molecule has 9 aromatic rings. The number of hydrogen-bond donors (Lipinski definition) is 0. The summed E-state index contributed by atoms with van der Waals surface area (Å²) >= 11 is 1.87. The SMILES string of the molecule is c1ccc(-c2cc(-n3c4ccncc4c4c5ccccc5c5c6ccccc6sc5c43)cc(-c3ccccc3)n2)cc1. The van der Waals surface area contributed by atoms with Gasteiger partial charge in [-0.25, -0.2) is 4.98 Å². The van der Waals surface area contributed by atoms with Crippen LogP contribution in [0.2, 0.25) is 0 Å². The first-order valence-corrected chi connectivity index (χ1v) is 14.9. The van der Waals surface area contributed by atoms with Crippen LogP contribution in [-0.2, 0) is 0 Å². The molecule has 0 atom stereocenters. The minimum atomic E-state index is 0.949. The number of benzene rings is 5. The highest BCUT2D eigenvalue weighted by Crippen LogP contribution is 2.47. The standard InChI is InChI=1S/C38H23N3S/c1-3-11-24(12-4-1)31-21-26(22-32(40-31)25-13-5-2-6-14-25)41-33-19-20-39-23-30(33)35-27-15-7-8-16-28(27)36-29-17-9-10-18-34(29)42-38(36)37(35)41/h1-23H. The summed E-state index contributed by atoms with van der Waals surface area (Å²) in [5.41, 5.74) is 7.53. The summed E-state index contributed by atoms with van der Waals surface area (Å²) < 4.78 is 5.03. The molecule has 0 saturated carbocycles. The van der Waals surface area contributed by atoms with E-state index in [1.54, 1.807) is 0 Å². The summed E-state index contributed by atoms with van der Waals surface area (Å²) in [5.74, 6) is 0. The lowest BCUT2D eigenvalue weighted by Gasteiger charge is -2.14. The molecule has 42 heavy (non-hydrogen) atoms. The highest BCUT2D eigenvalue weighted by molar-refractivity contribution is 7.27. The van der Waals surface area contributed by atoms with Crippen LogP contribution in [0.4, 0.5) is 0 Å². The van der Waals surface area contributed by atoms with Gasteiger partial charge in [-0.3, -0.25) is 4.98 Å². The molecular weight excluding hydrogens is 531 g/mol. The largest absolute Gasteiger partial charge is 0.307 e. The Morgan fingerprint density at radius 3 is 1.83 bits per heavy atom. The second kappa shape index (κ2) is 9.10. The van der Waals surface area contributed by atoms with Crippen LogP contribution in [0.25, 0.3) is 81.0 Å². The Morgan fingerprint density at radius 1 is 0.548 bits per heavy atom. The number of hydrogen-bond acceptors (Lipinski definition) is 3. The van der Waals surface area contributed by atoms with Crippen LogP contribution in [0.1, 0.15) is 0 Å². The highest BCUT2D eigenvalue weighted by atomic mass is 32.1. The zero-order valence-corrected chi connectivity index (χ0v) is 23.3. The molecule has 196 valence electrons. The fourth-order valence-electron chi connectivity index (χ4n) is 6.45. The number of fused-ring (bicyclic) bond motifs is 10. The van der Waals surface area contributed by atoms with E-state index in [1.807, 2.05) is 23.7 Å². The van der Waals surface area contributed by atoms with Gasteiger partial charge in [-0.15, -0.1) is 11.3 Å². The Morgan fingerprint density at radius 2 is 1.14 bits per heavy atom. The monoisotopic (exact) mass is 553 g/mol. The maximum Gasteiger partial charge on any atom is 0.0730 e. The van der Waals surface area contributed by atoms with Crippen molar-refractivity contribution in [2.45, 2.75) is 0 Å². The van der Waals surface area contributed by atoms with Crippen molar-refractivity contribution in [3.05, 3.63) is 140 Å². The molecule has 0 fully saturated rings. The third-order valence-electron chi connectivity index (χ3n) is 8.25. The fraction of sp³-hybridized carbons (Fsp3) is 0. The van der Waals surface area contributed by atoms with Gasteiger partial charge in [-0.05, 0) is 35.0 Å². The van der Waals surface area contributed by atoms with E-state index in [9.17, 15) is 0 Å². The number of nitrogens with zero attached hydrogens (tertiary/aromatic N) is 3. The van der Waals surface area contributed by atoms with Crippen LogP contribution in [0, 0.1) is 0 Å². The van der Waals surface area contributed by atoms with Gasteiger partial charge in [0, 0.05) is 49.8 Å². The van der Waals surface area contributed by atoms with Crippen molar-refractivity contribution in [1.29, 1.82) is 0 Å². The molecule has 0 radical (unpaired) electrons. The molecule has 0 unspecified atom stereocenters. The number of rotatable bonds is 3. The lowest BCUT2D eigenvalue weighted by Crippen LogP contribution is -1.98. The minimum Gasteiger partial charge on any atom is -0.307 e. The third kappa shape index (κ3) is 3.39. The van der Waals surface area contributed by atoms with E-state index in [4.69, 9.17) is 4.98 Å². The first kappa shape index (κ1) is 23.4. The minimum absolute atomic E-state index is 0.949. The summed E-state index contributed by atoms with van der Waals surface area (Å²) in [4.78, 5) is 9.78. The average molecular weight is 554 g/mol. The molecular formula is C38H23N3S. The Balaban J connectivity index is 1.50. The van der Waals surface area contributed by atoms with Gasteiger partial charge in [0.25, 0.3) is 0 Å². The zero-order valence-electron chi connectivity index (χ0n) is 22.5. The molecule has 0 bridgehead atoms. The van der Waals surface area contributed by atoms with E-state index >= 15 is 0 Å². The van der Waals surface area contributed by atoms with E-state index in [0.717, 1.165) is 39.1 Å². The van der Waals surface area contributed by atoms with Gasteiger partial charge in [0.15, 0.2) is 0 Å². The third-order valence-corrected chi connectivity index (χ3v) is 9.43. The van der Waals surface area contributed by atoms with Crippen LogP contribution in [-0.4, -0.2) is 14.5 Å². The quantitative estimate of drug-likeness (QED) is 0.218. The predicted molar refractivity (Wildman–Crippen MR) is 178 cm³/mol. The second-order valence-electron chi connectivity index (χ2n) is 10.6. The molecule has 0 amide bonds. The lowest BCUT2D eigenvalue weighted by molar-refractivity contribution is 1.16. The molecule has 0 N–H and O–H groups in total. The lowest BCUT2D eigenvalue weighted by atomic mass is 9.99. The Kier molecular flexibility index (Phi) is 5.07. The van der Waals surface area contributed by atoms with Crippen molar-refractivity contribution in [3.8, 4) is 28.2 Å². The smallest absolute Gasteiger partial charge is 0.0730 e. The summed E-state index contributed by atoms with van der Waals surface area (Å²) in [5, 5.41) is 7.55. The van der Waals surface area contributed by atoms with Crippen LogP contribution in [0.3, 0.4) is 0 Å². The molecule has 0 spiro atoms. The molecule has 0 aliphatic carbocycles. The van der Waals surface area contributed by atoms with Crippen molar-refractivity contribution >= 4 is 64.1 Å². The van der Waals surface area contributed by atoms with Crippen LogP contribution in [0.15, 0.2) is 140 Å². The van der Waals surface area contributed by atoms with Crippen molar-refractivity contribution < 1.29 is 0 Å². The van der Waals surface area contributed by atoms with Crippen molar-refractivity contribution in [2.24, 2.45) is 0 Å². The Labute approximate surface area is 246 Å². The molecule has 4 heterocycles. The topological polar surface area (TPSA) is 30.7 Å². The molecule has 0 aliphatic rings. The molecule has 4 heteroatoms. The van der Waals surface area contributed by atoms with Gasteiger partial charge in [-0.2, -0.15) is 0 Å². The van der Waals surface area contributed by atoms with Gasteiger partial charge in [0.05, 0.1) is 32.8 Å². The van der Waals surface area contributed by atoms with E-state index < -0.39 is 0 Å². The molecule has 5 aromatic carbocycles. The molecule has 9 rings (SSSR count). The molecule has 3 nitrogen and oxygen atoms in total. The first-order chi connectivity index (χ1) is 20.8.